The molecule has 0 aromatic carbocycles. The summed E-state index contributed by atoms with van der Waals surface area (Å²) in [6.45, 7) is 0. The van der Waals surface area contributed by atoms with E-state index in [9.17, 15) is 0 Å². The molecule has 0 saturated heterocycles. The van der Waals surface area contributed by atoms with Crippen molar-refractivity contribution in [2.75, 3.05) is 0 Å². The highest BCUT2D eigenvalue weighted by Crippen LogP contribution is 2.13. The zero-order chi connectivity index (χ0) is 2.99. The fraction of sp³-hybridized carbons (Fsp3) is 1.00. The molecule has 32 valence electrons. The third-order valence-corrected chi connectivity index (χ3v) is 0.622. The molecule has 0 bridgehead atoms. The van der Waals surface area contributed by atoms with E-state index in [1.807, 2.05) is 0 Å². The highest BCUT2D eigenvalue weighted by atomic mass is 79.9. The molecule has 2 heteroatoms. The second-order valence-electron chi connectivity index (χ2n) is 1.34. The Morgan fingerprint density at radius 2 is 1.60 bits per heavy atom. The SMILES string of the molecule is Br.NC1CC1. The van der Waals surface area contributed by atoms with Crippen LogP contribution in [-0.4, -0.2) is 6.04 Å². The van der Waals surface area contributed by atoms with E-state index < -0.39 is 0 Å². The molecule has 0 unspecified atom stereocenters. The van der Waals surface area contributed by atoms with Gasteiger partial charge in [0.2, 0.25) is 0 Å². The summed E-state index contributed by atoms with van der Waals surface area (Å²) in [4.78, 5) is 0. The van der Waals surface area contributed by atoms with Gasteiger partial charge in [-0.05, 0) is 12.8 Å². The van der Waals surface area contributed by atoms with Crippen molar-refractivity contribution >= 4 is 17.0 Å². The molecule has 1 nitrogen and oxygen atoms in total. The first-order valence-corrected chi connectivity index (χ1v) is 1.65. The molecule has 0 aromatic rings. The number of rotatable bonds is 0. The molecule has 5 heavy (non-hydrogen) atoms. The van der Waals surface area contributed by atoms with Gasteiger partial charge >= 0.3 is 0 Å². The smallest absolute Gasteiger partial charge is 0.00399 e. The molecule has 0 aromatic heterocycles. The summed E-state index contributed by atoms with van der Waals surface area (Å²) < 4.78 is 0. The summed E-state index contributed by atoms with van der Waals surface area (Å²) >= 11 is 0. The second-order valence-corrected chi connectivity index (χ2v) is 1.34. The molecule has 1 fully saturated rings. The van der Waals surface area contributed by atoms with Gasteiger partial charge in [0.25, 0.3) is 0 Å². The van der Waals surface area contributed by atoms with E-state index in [0.717, 1.165) is 0 Å². The number of nitrogens with two attached hydrogens (primary N) is 1. The predicted molar refractivity (Wildman–Crippen MR) is 27.5 cm³/mol. The van der Waals surface area contributed by atoms with Crippen LogP contribution in [-0.2, 0) is 0 Å². The Kier molecular flexibility index (Phi) is 1.93. The summed E-state index contributed by atoms with van der Waals surface area (Å²) in [7, 11) is 0. The summed E-state index contributed by atoms with van der Waals surface area (Å²) in [6.07, 6.45) is 2.53. The van der Waals surface area contributed by atoms with Crippen molar-refractivity contribution in [1.82, 2.24) is 0 Å². The van der Waals surface area contributed by atoms with Gasteiger partial charge in [-0.25, -0.2) is 0 Å². The molecule has 0 heterocycles. The van der Waals surface area contributed by atoms with Crippen LogP contribution in [0, 0.1) is 0 Å². The van der Waals surface area contributed by atoms with E-state index in [0.29, 0.717) is 6.04 Å². The van der Waals surface area contributed by atoms with Crippen molar-refractivity contribution < 1.29 is 0 Å². The average Bonchev–Trinajstić information content (AvgIpc) is 1.75. The van der Waals surface area contributed by atoms with Crippen LogP contribution in [0.2, 0.25) is 0 Å². The number of hydrogen-bond donors (Lipinski definition) is 1. The lowest BCUT2D eigenvalue weighted by atomic mass is 10.8. The number of halogens is 1. The lowest BCUT2D eigenvalue weighted by Gasteiger charge is -1.58. The molecule has 0 aliphatic heterocycles. The molecule has 0 amide bonds. The summed E-state index contributed by atoms with van der Waals surface area (Å²) in [5, 5.41) is 0. The lowest BCUT2D eigenvalue weighted by Crippen LogP contribution is -1.94. The summed E-state index contributed by atoms with van der Waals surface area (Å²) in [5.41, 5.74) is 5.22. The van der Waals surface area contributed by atoms with Crippen LogP contribution >= 0.6 is 17.0 Å². The minimum absolute atomic E-state index is 0. The highest BCUT2D eigenvalue weighted by molar-refractivity contribution is 8.93. The Hall–Kier alpha value is 0.440. The van der Waals surface area contributed by atoms with Crippen LogP contribution in [0.4, 0.5) is 0 Å². The molecule has 0 atom stereocenters. The molecule has 1 aliphatic rings. The molecular formula is C3H8BrN. The first kappa shape index (κ1) is 5.44. The van der Waals surface area contributed by atoms with Gasteiger partial charge in [-0.2, -0.15) is 0 Å². The summed E-state index contributed by atoms with van der Waals surface area (Å²) in [5.74, 6) is 0. The van der Waals surface area contributed by atoms with E-state index in [-0.39, 0.29) is 17.0 Å². The third-order valence-electron chi connectivity index (χ3n) is 0.622. The third kappa shape index (κ3) is 2.23. The van der Waals surface area contributed by atoms with Crippen molar-refractivity contribution in [3.8, 4) is 0 Å². The standard InChI is InChI=1S/C3H7N.BrH/c4-3-1-2-3;/h3H,1-2,4H2;1H. The van der Waals surface area contributed by atoms with Gasteiger partial charge in [-0.15, -0.1) is 17.0 Å². The van der Waals surface area contributed by atoms with Gasteiger partial charge in [-0.1, -0.05) is 0 Å². The number of hydrogen-bond acceptors (Lipinski definition) is 1. The highest BCUT2D eigenvalue weighted by Gasteiger charge is 2.13. The molecular weight excluding hydrogens is 130 g/mol. The van der Waals surface area contributed by atoms with Gasteiger partial charge in [0.15, 0.2) is 0 Å². The maximum Gasteiger partial charge on any atom is 0.00399 e. The quantitative estimate of drug-likeness (QED) is 0.523. The van der Waals surface area contributed by atoms with Crippen LogP contribution in [0.15, 0.2) is 0 Å². The Labute approximate surface area is 42.3 Å². The maximum absolute atomic E-state index is 5.22. The largest absolute Gasteiger partial charge is 0.328 e. The Bertz CT molecular complexity index is 26.1. The first-order valence-electron chi connectivity index (χ1n) is 1.65. The maximum atomic E-state index is 5.22. The van der Waals surface area contributed by atoms with Crippen molar-refractivity contribution in [2.45, 2.75) is 18.9 Å². The fourth-order valence-corrected chi connectivity index (χ4v) is 0.0962. The first-order chi connectivity index (χ1) is 1.89. The molecule has 0 spiro atoms. The normalized spacial score (nSPS) is 21.0. The van der Waals surface area contributed by atoms with Gasteiger partial charge in [0, 0.05) is 6.04 Å². The fourth-order valence-electron chi connectivity index (χ4n) is 0.0962. The second kappa shape index (κ2) is 1.78. The topological polar surface area (TPSA) is 26.0 Å². The van der Waals surface area contributed by atoms with Gasteiger partial charge in [-0.3, -0.25) is 0 Å². The zero-order valence-corrected chi connectivity index (χ0v) is 4.69. The molecule has 1 saturated carbocycles. The van der Waals surface area contributed by atoms with Crippen LogP contribution in [0.25, 0.3) is 0 Å². The molecule has 1 aliphatic carbocycles. The van der Waals surface area contributed by atoms with Gasteiger partial charge in [0.1, 0.15) is 0 Å². The predicted octanol–water partition coefficient (Wildman–Crippen LogP) is 0.685. The van der Waals surface area contributed by atoms with Crippen LogP contribution in [0.5, 0.6) is 0 Å². The van der Waals surface area contributed by atoms with E-state index in [4.69, 9.17) is 5.73 Å². The van der Waals surface area contributed by atoms with Gasteiger partial charge < -0.3 is 5.73 Å². The summed E-state index contributed by atoms with van der Waals surface area (Å²) in [6, 6.07) is 0.583. The zero-order valence-electron chi connectivity index (χ0n) is 2.98. The van der Waals surface area contributed by atoms with E-state index in [1.165, 1.54) is 12.8 Å². The minimum atomic E-state index is 0. The van der Waals surface area contributed by atoms with Crippen molar-refractivity contribution in [3.05, 3.63) is 0 Å². The molecule has 1 rings (SSSR count). The van der Waals surface area contributed by atoms with Crippen LogP contribution in [0.1, 0.15) is 12.8 Å². The lowest BCUT2D eigenvalue weighted by molar-refractivity contribution is 1.07. The molecule has 2 N–H and O–H groups in total. The van der Waals surface area contributed by atoms with Crippen molar-refractivity contribution in [1.29, 1.82) is 0 Å². The van der Waals surface area contributed by atoms with Crippen molar-refractivity contribution in [2.24, 2.45) is 5.73 Å². The van der Waals surface area contributed by atoms with Crippen molar-refractivity contribution in [3.63, 3.8) is 0 Å². The van der Waals surface area contributed by atoms with E-state index in [1.54, 1.807) is 0 Å². The van der Waals surface area contributed by atoms with Gasteiger partial charge in [0.05, 0.1) is 0 Å². The van der Waals surface area contributed by atoms with E-state index >= 15 is 0 Å². The minimum Gasteiger partial charge on any atom is -0.328 e. The Morgan fingerprint density at radius 1 is 1.40 bits per heavy atom. The molecule has 0 radical (unpaired) electrons. The van der Waals surface area contributed by atoms with E-state index in [2.05, 4.69) is 0 Å². The average molecular weight is 138 g/mol. The monoisotopic (exact) mass is 137 g/mol. The Morgan fingerprint density at radius 3 is 1.60 bits per heavy atom. The Balaban J connectivity index is 0.000000160. The van der Waals surface area contributed by atoms with Crippen LogP contribution < -0.4 is 5.73 Å². The van der Waals surface area contributed by atoms with Crippen LogP contribution in [0.3, 0.4) is 0 Å².